The van der Waals surface area contributed by atoms with Gasteiger partial charge in [-0.05, 0) is 30.5 Å². The van der Waals surface area contributed by atoms with Crippen LogP contribution in [0.1, 0.15) is 33.3 Å². The number of alkyl halides is 2. The Morgan fingerprint density at radius 2 is 1.58 bits per heavy atom. The van der Waals surface area contributed by atoms with Crippen molar-refractivity contribution in [2.24, 2.45) is 0 Å². The van der Waals surface area contributed by atoms with Crippen LogP contribution in [-0.2, 0) is 25.1 Å². The van der Waals surface area contributed by atoms with Crippen LogP contribution in [0.15, 0.2) is 66.7 Å². The third-order valence-electron chi connectivity index (χ3n) is 3.71. The van der Waals surface area contributed by atoms with Gasteiger partial charge < -0.3 is 9.29 Å². The molecule has 0 bridgehead atoms. The van der Waals surface area contributed by atoms with Gasteiger partial charge in [0.15, 0.2) is 23.9 Å². The molecule has 0 fully saturated rings. The van der Waals surface area contributed by atoms with Gasteiger partial charge in [-0.2, -0.15) is 8.78 Å². The summed E-state index contributed by atoms with van der Waals surface area (Å²) in [5.74, 6) is -1.19. The number of rotatable bonds is 6. The Hall–Kier alpha value is -1.85. The van der Waals surface area contributed by atoms with Crippen LogP contribution in [0, 0.1) is 7.14 Å². The van der Waals surface area contributed by atoms with Gasteiger partial charge in [-0.15, -0.1) is 0 Å². The summed E-state index contributed by atoms with van der Waals surface area (Å²) < 4.78 is 61.3. The highest BCUT2D eigenvalue weighted by Gasteiger charge is 2.39. The lowest BCUT2D eigenvalue weighted by molar-refractivity contribution is -0.598. The third kappa shape index (κ3) is 9.04. The van der Waals surface area contributed by atoms with Crippen LogP contribution in [-0.4, -0.2) is 30.8 Å². The molecule has 170 valence electrons. The normalized spacial score (nSPS) is 11.8. The van der Waals surface area contributed by atoms with Crippen molar-refractivity contribution in [3.05, 3.63) is 79.5 Å². The lowest BCUT2D eigenvalue weighted by atomic mass is 9.87. The molecule has 0 aliphatic heterocycles. The smallest absolute Gasteiger partial charge is 0.367 e. The number of benzene rings is 2. The van der Waals surface area contributed by atoms with E-state index in [4.69, 9.17) is 0 Å². The van der Waals surface area contributed by atoms with Gasteiger partial charge in [0, 0.05) is 11.1 Å². The van der Waals surface area contributed by atoms with Crippen LogP contribution in [0.4, 0.5) is 8.78 Å². The first-order valence-electron chi connectivity index (χ1n) is 9.10. The largest absolute Gasteiger partial charge is 0.743 e. The van der Waals surface area contributed by atoms with Crippen molar-refractivity contribution in [3.8, 4) is 0 Å². The highest BCUT2D eigenvalue weighted by molar-refractivity contribution is 7.86. The van der Waals surface area contributed by atoms with Crippen LogP contribution < -0.4 is 21.2 Å². The van der Waals surface area contributed by atoms with Crippen LogP contribution in [0.2, 0.25) is 0 Å². The molecule has 0 heterocycles. The number of hydrogen-bond donors (Lipinski definition) is 0. The molecule has 0 aliphatic carbocycles. The van der Waals surface area contributed by atoms with Gasteiger partial charge >= 0.3 is 32.4 Å². The zero-order valence-electron chi connectivity index (χ0n) is 17.7. The number of esters is 1. The molecule has 0 amide bonds. The van der Waals surface area contributed by atoms with Gasteiger partial charge in [-0.1, -0.05) is 63.7 Å². The van der Waals surface area contributed by atoms with Gasteiger partial charge in [0.05, 0.1) is 0 Å². The maximum Gasteiger partial charge on any atom is 0.367 e. The first kappa shape index (κ1) is 27.2. The Morgan fingerprint density at radius 3 is 2.06 bits per heavy atom. The minimum absolute atomic E-state index is 0.0589. The van der Waals surface area contributed by atoms with E-state index in [-0.39, 0.29) is 32.2 Å². The predicted octanol–water partition coefficient (Wildman–Crippen LogP) is 1.36. The Balaban J connectivity index is 0.000000318. The van der Waals surface area contributed by atoms with Gasteiger partial charge in [-0.3, -0.25) is 0 Å². The highest BCUT2D eigenvalue weighted by Crippen LogP contribution is 2.21. The zero-order valence-corrected chi connectivity index (χ0v) is 20.7. The molecule has 0 saturated carbocycles. The first-order chi connectivity index (χ1) is 14.1. The molecule has 0 unspecified atom stereocenters. The molecular formula is C22H25F2IO5S. The average Bonchev–Trinajstić information content (AvgIpc) is 2.66. The Labute approximate surface area is 192 Å². The van der Waals surface area contributed by atoms with E-state index in [9.17, 15) is 26.5 Å². The van der Waals surface area contributed by atoms with E-state index in [2.05, 4.69) is 86.7 Å². The molecule has 0 saturated heterocycles. The van der Waals surface area contributed by atoms with E-state index in [1.54, 1.807) is 3.57 Å². The Kier molecular flexibility index (Phi) is 9.77. The SMILES string of the molecule is C=C(C)C(=O)OCC(F)(F)S(=O)(=O)[O-].CC(C)(C)c1ccccc1[I+]c1ccccc1. The van der Waals surface area contributed by atoms with Crippen molar-refractivity contribution >= 4 is 16.1 Å². The van der Waals surface area contributed by atoms with Gasteiger partial charge in [0.1, 0.15) is 0 Å². The van der Waals surface area contributed by atoms with Crippen molar-refractivity contribution in [2.45, 2.75) is 38.4 Å². The fraction of sp³-hybridized carbons (Fsp3) is 0.318. The van der Waals surface area contributed by atoms with Crippen LogP contribution >= 0.6 is 0 Å². The molecule has 0 aliphatic rings. The summed E-state index contributed by atoms with van der Waals surface area (Å²) in [6.45, 7) is 9.33. The fourth-order valence-electron chi connectivity index (χ4n) is 2.09. The Morgan fingerprint density at radius 1 is 1.06 bits per heavy atom. The van der Waals surface area contributed by atoms with E-state index >= 15 is 0 Å². The maximum absolute atomic E-state index is 12.3. The van der Waals surface area contributed by atoms with Gasteiger partial charge in [0.25, 0.3) is 0 Å². The molecule has 2 rings (SSSR count). The van der Waals surface area contributed by atoms with E-state index in [0.717, 1.165) is 0 Å². The molecule has 2 aromatic rings. The summed E-state index contributed by atoms with van der Waals surface area (Å²) in [6.07, 6.45) is 0. The van der Waals surface area contributed by atoms with E-state index < -0.39 is 27.9 Å². The first-order valence-corrected chi connectivity index (χ1v) is 12.7. The number of carbonyl (C=O) groups excluding carboxylic acids is 1. The molecule has 0 N–H and O–H groups in total. The Bertz CT molecular complexity index is 1000. The molecule has 0 spiro atoms. The summed E-state index contributed by atoms with van der Waals surface area (Å²) in [5.41, 5.74) is 1.56. The van der Waals surface area contributed by atoms with E-state index in [1.807, 2.05) is 0 Å². The topological polar surface area (TPSA) is 83.5 Å². The second kappa shape index (κ2) is 11.1. The van der Waals surface area contributed by atoms with Gasteiger partial charge in [-0.25, -0.2) is 13.2 Å². The van der Waals surface area contributed by atoms with Crippen molar-refractivity contribution in [1.29, 1.82) is 0 Å². The third-order valence-corrected chi connectivity index (χ3v) is 7.42. The zero-order chi connectivity index (χ0) is 23.9. The van der Waals surface area contributed by atoms with Crippen molar-refractivity contribution in [1.82, 2.24) is 0 Å². The minimum Gasteiger partial charge on any atom is -0.743 e. The van der Waals surface area contributed by atoms with Crippen LogP contribution in [0.5, 0.6) is 0 Å². The molecule has 31 heavy (non-hydrogen) atoms. The number of carbonyl (C=O) groups is 1. The van der Waals surface area contributed by atoms with Crippen LogP contribution in [0.25, 0.3) is 0 Å². The fourth-order valence-corrected chi connectivity index (χ4v) is 5.41. The highest BCUT2D eigenvalue weighted by atomic mass is 127. The molecule has 5 nitrogen and oxygen atoms in total. The second-order valence-corrected chi connectivity index (χ2v) is 12.0. The summed E-state index contributed by atoms with van der Waals surface area (Å²) in [5, 5.41) is -4.61. The van der Waals surface area contributed by atoms with Crippen molar-refractivity contribution in [2.75, 3.05) is 6.61 Å². The molecular weight excluding hydrogens is 541 g/mol. The van der Waals surface area contributed by atoms with Crippen LogP contribution in [0.3, 0.4) is 0 Å². The minimum atomic E-state index is -5.81. The lowest BCUT2D eigenvalue weighted by Gasteiger charge is -2.19. The van der Waals surface area contributed by atoms with Crippen molar-refractivity contribution < 1.29 is 52.5 Å². The standard InChI is InChI=1S/C16H18I.C6H8F2O5S/c1-16(2,3)14-11-7-8-12-15(14)17-13-9-5-4-6-10-13;1-4(2)5(9)13-3-6(7,8)14(10,11)12/h4-12H,1-3H3;1,3H2,2H3,(H,10,11,12)/q+1;/p-1. The number of ether oxygens (including phenoxy) is 1. The second-order valence-electron chi connectivity index (χ2n) is 7.57. The average molecular weight is 566 g/mol. The van der Waals surface area contributed by atoms with E-state index in [0.29, 0.717) is 0 Å². The molecule has 0 radical (unpaired) electrons. The summed E-state index contributed by atoms with van der Waals surface area (Å²) in [4.78, 5) is 10.6. The predicted molar refractivity (Wildman–Crippen MR) is 109 cm³/mol. The maximum atomic E-state index is 12.3. The summed E-state index contributed by atoms with van der Waals surface area (Å²) in [6, 6.07) is 19.7. The molecule has 0 atom stereocenters. The summed E-state index contributed by atoms with van der Waals surface area (Å²) >= 11 is -0.0589. The molecule has 2 aromatic carbocycles. The van der Waals surface area contributed by atoms with Gasteiger partial charge in [0.2, 0.25) is 0 Å². The molecule has 9 heteroatoms. The van der Waals surface area contributed by atoms with Crippen molar-refractivity contribution in [3.63, 3.8) is 0 Å². The lowest BCUT2D eigenvalue weighted by Crippen LogP contribution is -3.61. The number of hydrogen-bond acceptors (Lipinski definition) is 5. The number of halogens is 3. The monoisotopic (exact) mass is 566 g/mol. The molecule has 0 aromatic heterocycles. The summed E-state index contributed by atoms with van der Waals surface area (Å²) in [7, 11) is -5.81. The van der Waals surface area contributed by atoms with E-state index in [1.165, 1.54) is 16.1 Å². The quantitative estimate of drug-likeness (QED) is 0.228.